The van der Waals surface area contributed by atoms with E-state index in [0.717, 1.165) is 13.1 Å². The first-order valence-corrected chi connectivity index (χ1v) is 6.93. The lowest BCUT2D eigenvalue weighted by Gasteiger charge is -2.28. The van der Waals surface area contributed by atoms with E-state index in [9.17, 15) is 14.9 Å². The Morgan fingerprint density at radius 1 is 1.48 bits per heavy atom. The van der Waals surface area contributed by atoms with Gasteiger partial charge < -0.3 is 9.80 Å². The van der Waals surface area contributed by atoms with Crippen molar-refractivity contribution < 1.29 is 19.6 Å². The predicted octanol–water partition coefficient (Wildman–Crippen LogP) is -1.80. The van der Waals surface area contributed by atoms with Crippen LogP contribution in [0.2, 0.25) is 0 Å². The van der Waals surface area contributed by atoms with Crippen LogP contribution in [0.5, 0.6) is 0 Å². The van der Waals surface area contributed by atoms with E-state index in [-0.39, 0.29) is 16.5 Å². The lowest BCUT2D eigenvalue weighted by Crippen LogP contribution is -3.15. The van der Waals surface area contributed by atoms with Crippen LogP contribution < -0.4 is 14.8 Å². The number of piperazine rings is 1. The number of likely N-dealkylation sites (N-methyl/N-ethyl adjacent to an activating group) is 1. The highest BCUT2D eigenvalue weighted by atomic mass is 16.6. The third-order valence-corrected chi connectivity index (χ3v) is 3.70. The second-order valence-corrected chi connectivity index (χ2v) is 5.36. The Labute approximate surface area is 123 Å². The molecule has 1 aromatic heterocycles. The molecule has 0 aliphatic carbocycles. The standard InChI is InChI=1S/C13H19N5O3/c1-15(2)12(19)10-16-6-8-17(9-7-16)13-11(18(20)21)4-3-5-14-13/h3-5H,6-10H2,1-2H3/p+2. The molecule has 1 amide bonds. The SMILES string of the molecule is CN(C)C(=O)C[NH+]1CCN(c2[nH+]cccc2[N+](=O)[O-])CC1. The van der Waals surface area contributed by atoms with Gasteiger partial charge in [-0.05, 0) is 6.07 Å². The van der Waals surface area contributed by atoms with Crippen molar-refractivity contribution in [3.8, 4) is 0 Å². The molecular weight excluding hydrogens is 274 g/mol. The molecule has 0 aromatic carbocycles. The zero-order valence-electron chi connectivity index (χ0n) is 12.3. The number of nitrogens with zero attached hydrogens (tertiary/aromatic N) is 3. The van der Waals surface area contributed by atoms with Gasteiger partial charge in [0.15, 0.2) is 6.54 Å². The van der Waals surface area contributed by atoms with Crippen molar-refractivity contribution in [2.24, 2.45) is 0 Å². The average Bonchev–Trinajstić information content (AvgIpc) is 2.48. The molecule has 0 radical (unpaired) electrons. The molecule has 21 heavy (non-hydrogen) atoms. The number of anilines is 1. The Morgan fingerprint density at radius 3 is 2.71 bits per heavy atom. The Morgan fingerprint density at radius 2 is 2.14 bits per heavy atom. The minimum Gasteiger partial charge on any atom is -0.344 e. The van der Waals surface area contributed by atoms with Crippen molar-refractivity contribution in [1.82, 2.24) is 4.90 Å². The van der Waals surface area contributed by atoms with Crippen LogP contribution in [0, 0.1) is 10.1 Å². The van der Waals surface area contributed by atoms with E-state index < -0.39 is 0 Å². The Kier molecular flexibility index (Phi) is 4.69. The van der Waals surface area contributed by atoms with Crippen molar-refractivity contribution in [3.63, 3.8) is 0 Å². The summed E-state index contributed by atoms with van der Waals surface area (Å²) in [6.45, 7) is 3.44. The Hall–Kier alpha value is -2.22. The lowest BCUT2D eigenvalue weighted by molar-refractivity contribution is -0.892. The van der Waals surface area contributed by atoms with Crippen LogP contribution in [0.1, 0.15) is 0 Å². The number of aromatic amines is 1. The van der Waals surface area contributed by atoms with Gasteiger partial charge in [0.25, 0.3) is 5.91 Å². The fraction of sp³-hybridized carbons (Fsp3) is 0.538. The maximum absolute atomic E-state index is 11.7. The first-order chi connectivity index (χ1) is 9.99. The molecule has 1 saturated heterocycles. The molecule has 2 N–H and O–H groups in total. The van der Waals surface area contributed by atoms with Crippen LogP contribution in [-0.4, -0.2) is 62.5 Å². The molecule has 0 saturated carbocycles. The number of carbonyl (C=O) groups is 1. The third kappa shape index (κ3) is 3.66. The molecule has 0 spiro atoms. The van der Waals surface area contributed by atoms with Crippen LogP contribution in [0.4, 0.5) is 11.5 Å². The highest BCUT2D eigenvalue weighted by molar-refractivity contribution is 5.76. The van der Waals surface area contributed by atoms with Gasteiger partial charge in [0.1, 0.15) is 26.2 Å². The first-order valence-electron chi connectivity index (χ1n) is 6.93. The summed E-state index contributed by atoms with van der Waals surface area (Å²) < 4.78 is 0. The molecule has 0 atom stereocenters. The first kappa shape index (κ1) is 15.2. The summed E-state index contributed by atoms with van der Waals surface area (Å²) >= 11 is 0. The molecule has 8 nitrogen and oxygen atoms in total. The van der Waals surface area contributed by atoms with E-state index >= 15 is 0 Å². The van der Waals surface area contributed by atoms with Gasteiger partial charge in [-0.1, -0.05) is 0 Å². The number of carbonyl (C=O) groups excluding carboxylic acids is 1. The number of rotatable bonds is 4. The summed E-state index contributed by atoms with van der Waals surface area (Å²) in [7, 11) is 3.50. The predicted molar refractivity (Wildman–Crippen MR) is 76.1 cm³/mol. The molecule has 2 rings (SSSR count). The average molecular weight is 295 g/mol. The number of quaternary nitrogens is 1. The molecule has 1 aromatic rings. The van der Waals surface area contributed by atoms with Gasteiger partial charge in [0, 0.05) is 20.2 Å². The van der Waals surface area contributed by atoms with Gasteiger partial charge in [-0.3, -0.25) is 14.9 Å². The summed E-state index contributed by atoms with van der Waals surface area (Å²) in [5.74, 6) is 0.649. The van der Waals surface area contributed by atoms with E-state index in [1.165, 1.54) is 11.0 Å². The smallest absolute Gasteiger partial charge is 0.344 e. The molecule has 0 bridgehead atoms. The van der Waals surface area contributed by atoms with E-state index in [4.69, 9.17) is 0 Å². The van der Waals surface area contributed by atoms with Gasteiger partial charge in [-0.15, -0.1) is 0 Å². The minimum atomic E-state index is -0.374. The molecule has 1 aliphatic heterocycles. The van der Waals surface area contributed by atoms with Crippen LogP contribution in [0.25, 0.3) is 0 Å². The van der Waals surface area contributed by atoms with Crippen molar-refractivity contribution in [2.45, 2.75) is 0 Å². The molecule has 1 aliphatic rings. The second kappa shape index (κ2) is 6.49. The van der Waals surface area contributed by atoms with E-state index in [1.54, 1.807) is 31.3 Å². The number of nitrogens with one attached hydrogen (secondary N) is 2. The highest BCUT2D eigenvalue weighted by Gasteiger charge is 2.33. The van der Waals surface area contributed by atoms with Gasteiger partial charge in [0.2, 0.25) is 0 Å². The summed E-state index contributed by atoms with van der Waals surface area (Å²) in [4.78, 5) is 30.1. The normalized spacial score (nSPS) is 15.8. The molecule has 0 unspecified atom stereocenters. The molecular formula is C13H21N5O3+2. The van der Waals surface area contributed by atoms with Crippen molar-refractivity contribution in [1.29, 1.82) is 0 Å². The number of amides is 1. The number of hydrogen-bond donors (Lipinski definition) is 1. The van der Waals surface area contributed by atoms with E-state index in [0.29, 0.717) is 25.5 Å². The zero-order valence-corrected chi connectivity index (χ0v) is 12.3. The summed E-state index contributed by atoms with van der Waals surface area (Å²) in [6, 6.07) is 3.12. The number of pyridine rings is 1. The molecule has 2 heterocycles. The fourth-order valence-corrected chi connectivity index (χ4v) is 2.42. The summed E-state index contributed by atoms with van der Waals surface area (Å²) in [6.07, 6.45) is 1.69. The number of hydrogen-bond acceptors (Lipinski definition) is 4. The fourth-order valence-electron chi connectivity index (χ4n) is 2.42. The number of aromatic nitrogens is 1. The zero-order chi connectivity index (χ0) is 15.4. The maximum atomic E-state index is 11.7. The molecule has 114 valence electrons. The van der Waals surface area contributed by atoms with Gasteiger partial charge >= 0.3 is 11.5 Å². The molecule has 8 heteroatoms. The highest BCUT2D eigenvalue weighted by Crippen LogP contribution is 2.21. The molecule has 1 fully saturated rings. The number of H-pyrrole nitrogens is 1. The quantitative estimate of drug-likeness (QED) is 0.525. The Bertz CT molecular complexity index is 526. The largest absolute Gasteiger partial charge is 0.357 e. The van der Waals surface area contributed by atoms with Crippen LogP contribution in [0.15, 0.2) is 18.3 Å². The van der Waals surface area contributed by atoms with Crippen LogP contribution >= 0.6 is 0 Å². The second-order valence-electron chi connectivity index (χ2n) is 5.36. The van der Waals surface area contributed by atoms with Crippen molar-refractivity contribution in [2.75, 3.05) is 51.7 Å². The van der Waals surface area contributed by atoms with Crippen molar-refractivity contribution >= 4 is 17.4 Å². The van der Waals surface area contributed by atoms with Crippen molar-refractivity contribution in [3.05, 3.63) is 28.4 Å². The Balaban J connectivity index is 1.98. The summed E-state index contributed by atoms with van der Waals surface area (Å²) in [5, 5.41) is 11.1. The topological polar surface area (TPSA) is 85.3 Å². The number of nitro groups is 1. The van der Waals surface area contributed by atoms with Gasteiger partial charge in [-0.2, -0.15) is 0 Å². The van der Waals surface area contributed by atoms with Gasteiger partial charge in [0.05, 0.1) is 11.1 Å². The minimum absolute atomic E-state index is 0.0883. The third-order valence-electron chi connectivity index (χ3n) is 3.70. The van der Waals surface area contributed by atoms with Gasteiger partial charge in [-0.25, -0.2) is 9.88 Å². The van der Waals surface area contributed by atoms with Crippen LogP contribution in [0.3, 0.4) is 0 Å². The summed E-state index contributed by atoms with van der Waals surface area (Å²) in [5.41, 5.74) is 0.0883. The monoisotopic (exact) mass is 295 g/mol. The lowest BCUT2D eigenvalue weighted by atomic mass is 10.2. The maximum Gasteiger partial charge on any atom is 0.357 e. The van der Waals surface area contributed by atoms with Crippen LogP contribution in [-0.2, 0) is 4.79 Å². The van der Waals surface area contributed by atoms with E-state index in [1.807, 2.05) is 4.90 Å². The van der Waals surface area contributed by atoms with E-state index in [2.05, 4.69) is 4.98 Å².